The predicted molar refractivity (Wildman–Crippen MR) is 108 cm³/mol. The van der Waals surface area contributed by atoms with Gasteiger partial charge in [0.15, 0.2) is 0 Å². The number of anilines is 1. The number of fused-ring (bicyclic) bond motifs is 1. The van der Waals surface area contributed by atoms with Gasteiger partial charge in [-0.05, 0) is 45.8 Å². The Hall–Kier alpha value is -2.71. The molecule has 0 amide bonds. The molecule has 6 nitrogen and oxygen atoms in total. The Morgan fingerprint density at radius 1 is 1.07 bits per heavy atom. The van der Waals surface area contributed by atoms with Crippen LogP contribution < -0.4 is 4.72 Å². The number of pyridine rings is 1. The van der Waals surface area contributed by atoms with Crippen LogP contribution in [0.2, 0.25) is 0 Å². The first kappa shape index (κ1) is 17.7. The lowest BCUT2D eigenvalue weighted by Gasteiger charge is -2.11. The molecule has 0 saturated carbocycles. The van der Waals surface area contributed by atoms with E-state index in [1.54, 1.807) is 47.4 Å². The molecule has 4 aromatic rings. The van der Waals surface area contributed by atoms with E-state index in [4.69, 9.17) is 0 Å². The van der Waals surface area contributed by atoms with Crippen molar-refractivity contribution in [2.24, 2.45) is 0 Å². The zero-order valence-electron chi connectivity index (χ0n) is 14.1. The highest BCUT2D eigenvalue weighted by Crippen LogP contribution is 2.23. The molecule has 4 rings (SSSR count). The monoisotopic (exact) mass is 442 g/mol. The van der Waals surface area contributed by atoms with Crippen LogP contribution in [0.4, 0.5) is 5.69 Å². The fraction of sp³-hybridized carbons (Fsp3) is 0.0526. The maximum Gasteiger partial charge on any atom is 0.264 e. The van der Waals surface area contributed by atoms with Crippen molar-refractivity contribution in [1.82, 2.24) is 14.8 Å². The topological polar surface area (TPSA) is 76.9 Å². The van der Waals surface area contributed by atoms with E-state index in [9.17, 15) is 8.42 Å². The summed E-state index contributed by atoms with van der Waals surface area (Å²) in [4.78, 5) is 4.38. The molecule has 0 radical (unpaired) electrons. The summed E-state index contributed by atoms with van der Waals surface area (Å²) in [5.41, 5.74) is 1.87. The zero-order chi connectivity index (χ0) is 18.9. The lowest BCUT2D eigenvalue weighted by Crippen LogP contribution is -2.14. The minimum absolute atomic E-state index is 0.155. The number of rotatable bonds is 5. The third-order valence-corrected chi connectivity index (χ3v) is 5.83. The van der Waals surface area contributed by atoms with E-state index in [-0.39, 0.29) is 4.90 Å². The number of para-hydroxylation sites is 1. The quantitative estimate of drug-likeness (QED) is 0.505. The number of hydrogen-bond donors (Lipinski definition) is 1. The van der Waals surface area contributed by atoms with Crippen molar-refractivity contribution < 1.29 is 8.42 Å². The number of hydrogen-bond acceptors (Lipinski definition) is 4. The number of sulfonamides is 1. The maximum atomic E-state index is 12.9. The molecule has 136 valence electrons. The number of aromatic nitrogens is 3. The third kappa shape index (κ3) is 3.86. The Bertz CT molecular complexity index is 1220. The summed E-state index contributed by atoms with van der Waals surface area (Å²) in [6, 6.07) is 16.0. The van der Waals surface area contributed by atoms with Crippen molar-refractivity contribution in [3.63, 3.8) is 0 Å². The van der Waals surface area contributed by atoms with E-state index in [1.807, 2.05) is 30.5 Å². The molecule has 0 spiro atoms. The van der Waals surface area contributed by atoms with Gasteiger partial charge in [-0.25, -0.2) is 8.42 Å². The fourth-order valence-electron chi connectivity index (χ4n) is 2.85. The Balaban J connectivity index is 1.64. The van der Waals surface area contributed by atoms with Crippen LogP contribution in [-0.4, -0.2) is 23.2 Å². The normalized spacial score (nSPS) is 11.6. The van der Waals surface area contributed by atoms with Crippen LogP contribution in [0, 0.1) is 0 Å². The molecule has 8 heteroatoms. The van der Waals surface area contributed by atoms with Crippen molar-refractivity contribution >= 4 is 42.5 Å². The first-order valence-electron chi connectivity index (χ1n) is 8.15. The molecule has 0 aliphatic carbocycles. The third-order valence-electron chi connectivity index (χ3n) is 4.01. The van der Waals surface area contributed by atoms with Gasteiger partial charge in [0.05, 0.1) is 22.7 Å². The van der Waals surface area contributed by atoms with Gasteiger partial charge in [-0.3, -0.25) is 14.4 Å². The van der Waals surface area contributed by atoms with Gasteiger partial charge in [-0.15, -0.1) is 0 Å². The summed E-state index contributed by atoms with van der Waals surface area (Å²) in [6.45, 7) is 0.539. The minimum atomic E-state index is -3.77. The highest BCUT2D eigenvalue weighted by Gasteiger charge is 2.18. The van der Waals surface area contributed by atoms with E-state index in [2.05, 4.69) is 30.7 Å². The SMILES string of the molecule is O=S(=O)(Nc1cccc(Cn2cc(Br)cn2)c1)c1cccc2cccnc12. The number of nitrogens with one attached hydrogen (secondary N) is 1. The van der Waals surface area contributed by atoms with Crippen LogP contribution in [-0.2, 0) is 16.6 Å². The summed E-state index contributed by atoms with van der Waals surface area (Å²) in [5.74, 6) is 0. The van der Waals surface area contributed by atoms with Crippen molar-refractivity contribution in [2.75, 3.05) is 4.72 Å². The van der Waals surface area contributed by atoms with Crippen LogP contribution in [0.5, 0.6) is 0 Å². The minimum Gasteiger partial charge on any atom is -0.280 e. The average molecular weight is 443 g/mol. The molecular formula is C19H15BrN4O2S. The highest BCUT2D eigenvalue weighted by atomic mass is 79.9. The van der Waals surface area contributed by atoms with E-state index in [0.717, 1.165) is 15.4 Å². The molecule has 0 aliphatic heterocycles. The second kappa shape index (κ2) is 7.13. The Labute approximate surface area is 165 Å². The van der Waals surface area contributed by atoms with Crippen LogP contribution >= 0.6 is 15.9 Å². The van der Waals surface area contributed by atoms with E-state index in [0.29, 0.717) is 17.7 Å². The fourth-order valence-corrected chi connectivity index (χ4v) is 4.41. The van der Waals surface area contributed by atoms with Gasteiger partial charge in [-0.1, -0.05) is 30.3 Å². The predicted octanol–water partition coefficient (Wildman–Crippen LogP) is 4.04. The van der Waals surface area contributed by atoms with Crippen molar-refractivity contribution in [2.45, 2.75) is 11.4 Å². The molecule has 2 aromatic heterocycles. The maximum absolute atomic E-state index is 12.9. The molecule has 0 bridgehead atoms. The smallest absolute Gasteiger partial charge is 0.264 e. The Kier molecular flexibility index (Phi) is 4.67. The molecular weight excluding hydrogens is 428 g/mol. The average Bonchev–Trinajstić information content (AvgIpc) is 3.06. The van der Waals surface area contributed by atoms with Gasteiger partial charge >= 0.3 is 0 Å². The van der Waals surface area contributed by atoms with E-state index < -0.39 is 10.0 Å². The standard InChI is InChI=1S/C19H15BrN4O2S/c20-16-11-22-24(13-16)12-14-4-1-7-17(10-14)23-27(25,26)18-8-2-5-15-6-3-9-21-19(15)18/h1-11,13,23H,12H2. The Morgan fingerprint density at radius 2 is 1.89 bits per heavy atom. The van der Waals surface area contributed by atoms with Crippen LogP contribution in [0.1, 0.15) is 5.56 Å². The van der Waals surface area contributed by atoms with Crippen LogP contribution in [0.15, 0.2) is 82.6 Å². The van der Waals surface area contributed by atoms with Gasteiger partial charge in [-0.2, -0.15) is 5.10 Å². The van der Waals surface area contributed by atoms with Gasteiger partial charge in [0.1, 0.15) is 4.90 Å². The van der Waals surface area contributed by atoms with Crippen molar-refractivity contribution in [3.8, 4) is 0 Å². The molecule has 2 aromatic carbocycles. The van der Waals surface area contributed by atoms with Gasteiger partial charge in [0.25, 0.3) is 10.0 Å². The summed E-state index contributed by atoms with van der Waals surface area (Å²) >= 11 is 3.36. The summed E-state index contributed by atoms with van der Waals surface area (Å²) < 4.78 is 31.1. The summed E-state index contributed by atoms with van der Waals surface area (Å²) in [6.07, 6.45) is 5.16. The zero-order valence-corrected chi connectivity index (χ0v) is 16.5. The van der Waals surface area contributed by atoms with Crippen LogP contribution in [0.25, 0.3) is 10.9 Å². The molecule has 2 heterocycles. The first-order valence-corrected chi connectivity index (χ1v) is 10.4. The second-order valence-electron chi connectivity index (χ2n) is 5.99. The molecule has 0 aliphatic rings. The van der Waals surface area contributed by atoms with Crippen molar-refractivity contribution in [1.29, 1.82) is 0 Å². The van der Waals surface area contributed by atoms with E-state index in [1.165, 1.54) is 0 Å². The number of halogens is 1. The largest absolute Gasteiger partial charge is 0.280 e. The summed E-state index contributed by atoms with van der Waals surface area (Å²) in [5, 5.41) is 5.00. The lowest BCUT2D eigenvalue weighted by molar-refractivity contribution is 0.602. The first-order chi connectivity index (χ1) is 13.0. The summed E-state index contributed by atoms with van der Waals surface area (Å²) in [7, 11) is -3.77. The van der Waals surface area contributed by atoms with Gasteiger partial charge in [0, 0.05) is 23.5 Å². The lowest BCUT2D eigenvalue weighted by atomic mass is 10.2. The number of nitrogens with zero attached hydrogens (tertiary/aromatic N) is 3. The van der Waals surface area contributed by atoms with E-state index >= 15 is 0 Å². The molecule has 0 unspecified atom stereocenters. The highest BCUT2D eigenvalue weighted by molar-refractivity contribution is 9.10. The second-order valence-corrected chi connectivity index (χ2v) is 8.56. The molecule has 1 N–H and O–H groups in total. The molecule has 0 saturated heterocycles. The molecule has 27 heavy (non-hydrogen) atoms. The number of benzene rings is 2. The Morgan fingerprint density at radius 3 is 2.70 bits per heavy atom. The van der Waals surface area contributed by atoms with Gasteiger partial charge in [0.2, 0.25) is 0 Å². The molecule has 0 atom stereocenters. The molecule has 0 fully saturated rings. The van der Waals surface area contributed by atoms with Crippen molar-refractivity contribution in [3.05, 3.63) is 83.2 Å². The van der Waals surface area contributed by atoms with Crippen LogP contribution in [0.3, 0.4) is 0 Å². The van der Waals surface area contributed by atoms with Gasteiger partial charge < -0.3 is 0 Å².